The average Bonchev–Trinajstić information content (AvgIpc) is 2.69. The van der Waals surface area contributed by atoms with Gasteiger partial charge < -0.3 is 10.7 Å². The van der Waals surface area contributed by atoms with Gasteiger partial charge in [-0.15, -0.1) is 0 Å². The lowest BCUT2D eigenvalue weighted by molar-refractivity contribution is 0.711. The number of hydrogen-bond donors (Lipinski definition) is 2. The van der Waals surface area contributed by atoms with Crippen LogP contribution in [-0.4, -0.2) is 17.0 Å². The lowest BCUT2D eigenvalue weighted by atomic mass is 10.0. The summed E-state index contributed by atoms with van der Waals surface area (Å²) in [6.07, 6.45) is 5.18. The number of hydrogen-bond acceptors (Lipinski definition) is 2. The van der Waals surface area contributed by atoms with Gasteiger partial charge in [0.2, 0.25) is 0 Å². The summed E-state index contributed by atoms with van der Waals surface area (Å²) < 4.78 is 0. The molecular formula is C12H16N2S. The number of fused-ring (bicyclic) bond motifs is 1. The minimum absolute atomic E-state index is 0.147. The minimum atomic E-state index is 0.147. The minimum Gasteiger partial charge on any atom is -0.361 e. The second kappa shape index (κ2) is 4.73. The zero-order valence-electron chi connectivity index (χ0n) is 8.86. The number of nitrogens with one attached hydrogen (secondary N) is 1. The molecule has 1 aromatic heterocycles. The fraction of sp³-hybridized carbons (Fsp3) is 0.333. The highest BCUT2D eigenvalue weighted by molar-refractivity contribution is 7.98. The lowest BCUT2D eigenvalue weighted by Gasteiger charge is -2.09. The summed E-state index contributed by atoms with van der Waals surface area (Å²) in [5.41, 5.74) is 8.57. The van der Waals surface area contributed by atoms with Crippen LogP contribution < -0.4 is 5.73 Å². The highest BCUT2D eigenvalue weighted by atomic mass is 32.2. The number of nitrogens with two attached hydrogens (primary N) is 1. The molecule has 3 N–H and O–H groups in total. The first kappa shape index (κ1) is 10.6. The Morgan fingerprint density at radius 2 is 2.20 bits per heavy atom. The monoisotopic (exact) mass is 220 g/mol. The number of rotatable bonds is 4. The van der Waals surface area contributed by atoms with E-state index in [9.17, 15) is 0 Å². The van der Waals surface area contributed by atoms with Crippen molar-refractivity contribution in [1.29, 1.82) is 0 Å². The molecule has 1 heterocycles. The summed E-state index contributed by atoms with van der Waals surface area (Å²) in [5, 5.41) is 1.26. The van der Waals surface area contributed by atoms with Gasteiger partial charge in [0.1, 0.15) is 0 Å². The fourth-order valence-corrected chi connectivity index (χ4v) is 2.29. The molecule has 0 aliphatic carbocycles. The SMILES string of the molecule is CSCCC(N)c1c[nH]c2ccccc12. The van der Waals surface area contributed by atoms with E-state index < -0.39 is 0 Å². The van der Waals surface area contributed by atoms with Gasteiger partial charge in [-0.2, -0.15) is 11.8 Å². The van der Waals surface area contributed by atoms with Crippen molar-refractivity contribution in [3.63, 3.8) is 0 Å². The van der Waals surface area contributed by atoms with Crippen LogP contribution in [0.1, 0.15) is 18.0 Å². The van der Waals surface area contributed by atoms with E-state index in [0.717, 1.165) is 12.2 Å². The molecule has 0 saturated carbocycles. The van der Waals surface area contributed by atoms with Gasteiger partial charge in [0.05, 0.1) is 0 Å². The molecule has 0 saturated heterocycles. The van der Waals surface area contributed by atoms with E-state index in [1.54, 1.807) is 0 Å². The van der Waals surface area contributed by atoms with Crippen LogP contribution in [-0.2, 0) is 0 Å². The Balaban J connectivity index is 2.27. The van der Waals surface area contributed by atoms with Gasteiger partial charge in [0, 0.05) is 23.1 Å². The Kier molecular flexibility index (Phi) is 3.34. The third-order valence-corrected chi connectivity index (χ3v) is 3.30. The Labute approximate surface area is 94.2 Å². The van der Waals surface area contributed by atoms with Gasteiger partial charge in [-0.3, -0.25) is 0 Å². The largest absolute Gasteiger partial charge is 0.361 e. The number of para-hydroxylation sites is 1. The molecule has 0 aliphatic rings. The number of H-pyrrole nitrogens is 1. The maximum absolute atomic E-state index is 6.16. The summed E-state index contributed by atoms with van der Waals surface area (Å²) in [4.78, 5) is 3.26. The van der Waals surface area contributed by atoms with Crippen molar-refractivity contribution in [2.24, 2.45) is 5.73 Å². The Bertz CT molecular complexity index is 436. The molecule has 1 unspecified atom stereocenters. The first-order chi connectivity index (χ1) is 7.33. The van der Waals surface area contributed by atoms with Crippen molar-refractivity contribution in [3.8, 4) is 0 Å². The predicted molar refractivity (Wildman–Crippen MR) is 68.2 cm³/mol. The molecule has 80 valence electrons. The second-order valence-corrected chi connectivity index (χ2v) is 4.66. The van der Waals surface area contributed by atoms with Crippen molar-refractivity contribution in [2.45, 2.75) is 12.5 Å². The van der Waals surface area contributed by atoms with Crippen molar-refractivity contribution < 1.29 is 0 Å². The fourth-order valence-electron chi connectivity index (χ4n) is 1.80. The van der Waals surface area contributed by atoms with E-state index >= 15 is 0 Å². The molecule has 0 radical (unpaired) electrons. The summed E-state index contributed by atoms with van der Waals surface area (Å²) in [6.45, 7) is 0. The van der Waals surface area contributed by atoms with Crippen molar-refractivity contribution in [2.75, 3.05) is 12.0 Å². The van der Waals surface area contributed by atoms with E-state index in [0.29, 0.717) is 0 Å². The standard InChI is InChI=1S/C12H16N2S/c1-15-7-6-11(13)10-8-14-12-5-3-2-4-9(10)12/h2-5,8,11,14H,6-7,13H2,1H3. The molecule has 0 bridgehead atoms. The van der Waals surface area contributed by atoms with Crippen LogP contribution in [0.3, 0.4) is 0 Å². The number of benzene rings is 1. The number of thioether (sulfide) groups is 1. The Morgan fingerprint density at radius 1 is 1.40 bits per heavy atom. The number of aromatic nitrogens is 1. The summed E-state index contributed by atoms with van der Waals surface area (Å²) in [5.74, 6) is 1.11. The summed E-state index contributed by atoms with van der Waals surface area (Å²) in [6, 6.07) is 8.45. The van der Waals surface area contributed by atoms with Crippen LogP contribution in [0.25, 0.3) is 10.9 Å². The quantitative estimate of drug-likeness (QED) is 0.832. The van der Waals surface area contributed by atoms with E-state index in [1.807, 2.05) is 24.0 Å². The molecular weight excluding hydrogens is 204 g/mol. The summed E-state index contributed by atoms with van der Waals surface area (Å²) >= 11 is 1.84. The van der Waals surface area contributed by atoms with Gasteiger partial charge in [0.25, 0.3) is 0 Å². The van der Waals surface area contributed by atoms with Gasteiger partial charge in [-0.05, 0) is 30.1 Å². The summed E-state index contributed by atoms with van der Waals surface area (Å²) in [7, 11) is 0. The van der Waals surface area contributed by atoms with E-state index in [-0.39, 0.29) is 6.04 Å². The molecule has 1 aromatic carbocycles. The molecule has 15 heavy (non-hydrogen) atoms. The molecule has 0 amide bonds. The molecule has 3 heteroatoms. The zero-order valence-corrected chi connectivity index (χ0v) is 9.68. The third-order valence-electron chi connectivity index (χ3n) is 2.65. The normalized spacial score (nSPS) is 13.2. The van der Waals surface area contributed by atoms with Crippen LogP contribution in [0, 0.1) is 0 Å². The third kappa shape index (κ3) is 2.19. The molecule has 1 atom stereocenters. The van der Waals surface area contributed by atoms with Crippen LogP contribution >= 0.6 is 11.8 Å². The van der Waals surface area contributed by atoms with Crippen molar-refractivity contribution in [1.82, 2.24) is 4.98 Å². The second-order valence-electron chi connectivity index (χ2n) is 3.68. The van der Waals surface area contributed by atoms with Crippen LogP contribution in [0.5, 0.6) is 0 Å². The maximum atomic E-state index is 6.16. The number of aromatic amines is 1. The Morgan fingerprint density at radius 3 is 3.00 bits per heavy atom. The van der Waals surface area contributed by atoms with E-state index in [1.165, 1.54) is 16.5 Å². The van der Waals surface area contributed by atoms with Crippen LogP contribution in [0.15, 0.2) is 30.5 Å². The van der Waals surface area contributed by atoms with E-state index in [2.05, 4.69) is 29.4 Å². The van der Waals surface area contributed by atoms with Crippen LogP contribution in [0.4, 0.5) is 0 Å². The van der Waals surface area contributed by atoms with Crippen molar-refractivity contribution in [3.05, 3.63) is 36.0 Å². The molecule has 0 spiro atoms. The van der Waals surface area contributed by atoms with Gasteiger partial charge >= 0.3 is 0 Å². The average molecular weight is 220 g/mol. The van der Waals surface area contributed by atoms with Crippen molar-refractivity contribution >= 4 is 22.7 Å². The smallest absolute Gasteiger partial charge is 0.0457 e. The first-order valence-corrected chi connectivity index (χ1v) is 6.53. The van der Waals surface area contributed by atoms with Gasteiger partial charge in [0.15, 0.2) is 0 Å². The Hall–Kier alpha value is -0.930. The first-order valence-electron chi connectivity index (χ1n) is 5.13. The molecule has 0 fully saturated rings. The topological polar surface area (TPSA) is 41.8 Å². The lowest BCUT2D eigenvalue weighted by Crippen LogP contribution is -2.10. The van der Waals surface area contributed by atoms with Gasteiger partial charge in [-0.1, -0.05) is 18.2 Å². The molecule has 2 aromatic rings. The van der Waals surface area contributed by atoms with E-state index in [4.69, 9.17) is 5.73 Å². The van der Waals surface area contributed by atoms with Crippen LogP contribution in [0.2, 0.25) is 0 Å². The maximum Gasteiger partial charge on any atom is 0.0457 e. The highest BCUT2D eigenvalue weighted by Gasteiger charge is 2.10. The molecule has 2 nitrogen and oxygen atoms in total. The highest BCUT2D eigenvalue weighted by Crippen LogP contribution is 2.24. The van der Waals surface area contributed by atoms with Gasteiger partial charge in [-0.25, -0.2) is 0 Å². The zero-order chi connectivity index (χ0) is 10.7. The molecule has 0 aliphatic heterocycles. The predicted octanol–water partition coefficient (Wildman–Crippen LogP) is 2.92. The molecule has 2 rings (SSSR count).